The van der Waals surface area contributed by atoms with Gasteiger partial charge in [-0.15, -0.1) is 0 Å². The van der Waals surface area contributed by atoms with E-state index in [1.54, 1.807) is 25.4 Å². The minimum Gasteiger partial charge on any atom is -0.507 e. The lowest BCUT2D eigenvalue weighted by Crippen LogP contribution is -2.06. The van der Waals surface area contributed by atoms with Crippen LogP contribution in [0.25, 0.3) is 22.0 Å². The third-order valence-electron chi connectivity index (χ3n) is 4.08. The van der Waals surface area contributed by atoms with E-state index in [1.807, 2.05) is 36.7 Å². The molecule has 118 valence electrons. The zero-order valence-electron chi connectivity index (χ0n) is 13.3. The first-order valence-corrected chi connectivity index (χ1v) is 7.44. The summed E-state index contributed by atoms with van der Waals surface area (Å²) >= 11 is 0. The lowest BCUT2D eigenvalue weighted by Gasteiger charge is -2.07. The van der Waals surface area contributed by atoms with Gasteiger partial charge in [0, 0.05) is 41.6 Å². The Morgan fingerprint density at radius 3 is 2.65 bits per heavy atom. The molecule has 0 amide bonds. The number of rotatable bonds is 3. The van der Waals surface area contributed by atoms with Crippen LogP contribution >= 0.6 is 0 Å². The Morgan fingerprint density at radius 1 is 1.30 bits per heavy atom. The Morgan fingerprint density at radius 2 is 2.00 bits per heavy atom. The molecule has 0 aliphatic rings. The highest BCUT2D eigenvalue weighted by Gasteiger charge is 2.21. The number of aromatic nitrogens is 2. The highest BCUT2D eigenvalue weighted by molar-refractivity contribution is 6.07. The van der Waals surface area contributed by atoms with Gasteiger partial charge in [-0.1, -0.05) is 0 Å². The van der Waals surface area contributed by atoms with Gasteiger partial charge in [-0.05, 0) is 43.7 Å². The molecule has 0 fully saturated rings. The van der Waals surface area contributed by atoms with Crippen LogP contribution < -0.4 is 0 Å². The first-order chi connectivity index (χ1) is 11.0. The number of pyridine rings is 1. The van der Waals surface area contributed by atoms with Gasteiger partial charge in [0.2, 0.25) is 0 Å². The maximum atomic E-state index is 12.2. The van der Waals surface area contributed by atoms with E-state index in [0.717, 1.165) is 16.8 Å². The van der Waals surface area contributed by atoms with E-state index in [4.69, 9.17) is 4.74 Å². The Balaban J connectivity index is 2.26. The van der Waals surface area contributed by atoms with Gasteiger partial charge in [0.1, 0.15) is 5.75 Å². The van der Waals surface area contributed by atoms with Crippen LogP contribution in [0.5, 0.6) is 5.75 Å². The summed E-state index contributed by atoms with van der Waals surface area (Å²) in [5.41, 5.74) is 3.76. The van der Waals surface area contributed by atoms with Gasteiger partial charge in [-0.25, -0.2) is 4.79 Å². The van der Waals surface area contributed by atoms with Crippen LogP contribution in [0.15, 0.2) is 36.7 Å². The van der Waals surface area contributed by atoms with Gasteiger partial charge in [0.25, 0.3) is 0 Å². The summed E-state index contributed by atoms with van der Waals surface area (Å²) < 4.78 is 7.08. The maximum absolute atomic E-state index is 12.2. The Bertz CT molecular complexity index is 882. The van der Waals surface area contributed by atoms with Crippen LogP contribution in [0.4, 0.5) is 0 Å². The average molecular weight is 310 g/mol. The van der Waals surface area contributed by atoms with Crippen molar-refractivity contribution in [2.75, 3.05) is 6.61 Å². The topological polar surface area (TPSA) is 64.4 Å². The molecule has 0 radical (unpaired) electrons. The monoisotopic (exact) mass is 310 g/mol. The van der Waals surface area contributed by atoms with Crippen LogP contribution in [0.3, 0.4) is 0 Å². The molecule has 23 heavy (non-hydrogen) atoms. The number of benzene rings is 1. The van der Waals surface area contributed by atoms with Gasteiger partial charge >= 0.3 is 5.97 Å². The zero-order chi connectivity index (χ0) is 16.6. The molecular formula is C18H18N2O3. The minimum atomic E-state index is -0.369. The first-order valence-electron chi connectivity index (χ1n) is 7.44. The van der Waals surface area contributed by atoms with E-state index >= 15 is 0 Å². The molecule has 3 aromatic rings. The summed E-state index contributed by atoms with van der Waals surface area (Å²) in [6.45, 7) is 3.96. The summed E-state index contributed by atoms with van der Waals surface area (Å²) in [5.74, 6) is -0.244. The minimum absolute atomic E-state index is 0.125. The molecule has 5 nitrogen and oxygen atoms in total. The molecule has 0 atom stereocenters. The van der Waals surface area contributed by atoms with E-state index in [-0.39, 0.29) is 11.7 Å². The summed E-state index contributed by atoms with van der Waals surface area (Å²) in [7, 11) is 1.90. The normalized spacial score (nSPS) is 10.9. The number of nitrogens with zero attached hydrogens (tertiary/aromatic N) is 2. The fraction of sp³-hybridized carbons (Fsp3) is 0.222. The van der Waals surface area contributed by atoms with Gasteiger partial charge in [0.05, 0.1) is 12.2 Å². The van der Waals surface area contributed by atoms with Crippen LogP contribution in [-0.2, 0) is 11.8 Å². The van der Waals surface area contributed by atoms with Crippen molar-refractivity contribution in [1.82, 2.24) is 9.55 Å². The second-order valence-electron chi connectivity index (χ2n) is 5.36. The first kappa shape index (κ1) is 15.1. The predicted octanol–water partition coefficient (Wildman–Crippen LogP) is 3.43. The summed E-state index contributed by atoms with van der Waals surface area (Å²) in [6, 6.07) is 7.19. The number of aromatic hydroxyl groups is 1. The van der Waals surface area contributed by atoms with Crippen LogP contribution in [0.1, 0.15) is 23.0 Å². The van der Waals surface area contributed by atoms with Gasteiger partial charge < -0.3 is 14.4 Å². The van der Waals surface area contributed by atoms with Crippen molar-refractivity contribution < 1.29 is 14.6 Å². The van der Waals surface area contributed by atoms with Crippen LogP contribution in [0.2, 0.25) is 0 Å². The molecule has 5 heteroatoms. The van der Waals surface area contributed by atoms with E-state index in [0.29, 0.717) is 23.1 Å². The number of hydrogen-bond acceptors (Lipinski definition) is 4. The number of phenols is 1. The molecular weight excluding hydrogens is 292 g/mol. The largest absolute Gasteiger partial charge is 0.507 e. The number of phenolic OH excluding ortho intramolecular Hbond substituents is 1. The molecule has 0 aliphatic heterocycles. The number of esters is 1. The SMILES string of the molecule is CCOC(=O)c1c(C)n(C)c2cc(-c3ccncc3)c(O)cc12. The van der Waals surface area contributed by atoms with Crippen molar-refractivity contribution in [3.8, 4) is 16.9 Å². The van der Waals surface area contributed by atoms with Crippen molar-refractivity contribution in [1.29, 1.82) is 0 Å². The second kappa shape index (κ2) is 5.76. The third-order valence-corrected chi connectivity index (χ3v) is 4.08. The molecule has 2 aromatic heterocycles. The quantitative estimate of drug-likeness (QED) is 0.753. The van der Waals surface area contributed by atoms with Crippen molar-refractivity contribution in [3.05, 3.63) is 47.9 Å². The molecule has 1 aromatic carbocycles. The molecule has 0 spiro atoms. The van der Waals surface area contributed by atoms with E-state index in [9.17, 15) is 9.90 Å². The molecule has 2 heterocycles. The summed E-state index contributed by atoms with van der Waals surface area (Å²) in [6.07, 6.45) is 3.36. The molecule has 3 rings (SSSR count). The van der Waals surface area contributed by atoms with E-state index in [2.05, 4.69) is 4.98 Å². The fourth-order valence-corrected chi connectivity index (χ4v) is 2.82. The van der Waals surface area contributed by atoms with Crippen molar-refractivity contribution in [2.24, 2.45) is 7.05 Å². The fourth-order valence-electron chi connectivity index (χ4n) is 2.82. The number of carbonyl (C=O) groups is 1. The average Bonchev–Trinajstić information content (AvgIpc) is 2.78. The highest BCUT2D eigenvalue weighted by atomic mass is 16.5. The molecule has 0 saturated carbocycles. The van der Waals surface area contributed by atoms with Crippen molar-refractivity contribution >= 4 is 16.9 Å². The standard InChI is InChI=1S/C18H18N2O3/c1-4-23-18(22)17-11(2)20(3)15-9-13(16(21)10-14(15)17)12-5-7-19-8-6-12/h5-10,21H,4H2,1-3H3. The predicted molar refractivity (Wildman–Crippen MR) is 88.5 cm³/mol. The smallest absolute Gasteiger partial charge is 0.340 e. The zero-order valence-corrected chi connectivity index (χ0v) is 13.3. The lowest BCUT2D eigenvalue weighted by molar-refractivity contribution is 0.0527. The summed E-state index contributed by atoms with van der Waals surface area (Å²) in [5, 5.41) is 11.1. The highest BCUT2D eigenvalue weighted by Crippen LogP contribution is 2.36. The van der Waals surface area contributed by atoms with Gasteiger partial charge in [-0.3, -0.25) is 4.98 Å². The van der Waals surface area contributed by atoms with E-state index in [1.165, 1.54) is 0 Å². The maximum Gasteiger partial charge on any atom is 0.340 e. The number of hydrogen-bond donors (Lipinski definition) is 1. The Kier molecular flexibility index (Phi) is 3.78. The van der Waals surface area contributed by atoms with Crippen molar-refractivity contribution in [3.63, 3.8) is 0 Å². The van der Waals surface area contributed by atoms with Gasteiger partial charge in [0.15, 0.2) is 0 Å². The Labute approximate surface area is 134 Å². The van der Waals surface area contributed by atoms with E-state index < -0.39 is 0 Å². The number of fused-ring (bicyclic) bond motifs is 1. The number of ether oxygens (including phenoxy) is 1. The van der Waals surface area contributed by atoms with Gasteiger partial charge in [-0.2, -0.15) is 0 Å². The van der Waals surface area contributed by atoms with Crippen molar-refractivity contribution in [2.45, 2.75) is 13.8 Å². The van der Waals surface area contributed by atoms with Crippen LogP contribution in [0, 0.1) is 6.92 Å². The molecule has 0 aliphatic carbocycles. The molecule has 0 unspecified atom stereocenters. The lowest BCUT2D eigenvalue weighted by atomic mass is 10.0. The number of aryl methyl sites for hydroxylation is 1. The third kappa shape index (κ3) is 2.44. The molecule has 0 bridgehead atoms. The number of carbonyl (C=O) groups excluding carboxylic acids is 1. The Hall–Kier alpha value is -2.82. The van der Waals surface area contributed by atoms with Crippen LogP contribution in [-0.4, -0.2) is 27.2 Å². The summed E-state index contributed by atoms with van der Waals surface area (Å²) in [4.78, 5) is 16.2. The molecule has 0 saturated heterocycles. The second-order valence-corrected chi connectivity index (χ2v) is 5.36. The molecule has 1 N–H and O–H groups in total.